The molecule has 0 aromatic heterocycles. The van der Waals surface area contributed by atoms with Crippen LogP contribution < -0.4 is 0 Å². The summed E-state index contributed by atoms with van der Waals surface area (Å²) in [5.74, 6) is 1.37. The molecular formula is C23H30Cl2N2O3. The lowest BCUT2D eigenvalue weighted by Crippen LogP contribution is -2.48. The first-order valence-corrected chi connectivity index (χ1v) is 11.6. The van der Waals surface area contributed by atoms with Crippen molar-refractivity contribution in [3.63, 3.8) is 0 Å². The minimum Gasteiger partial charge on any atom is -0.444 e. The zero-order chi connectivity index (χ0) is 21.6. The van der Waals surface area contributed by atoms with Crippen molar-refractivity contribution in [1.29, 1.82) is 0 Å². The smallest absolute Gasteiger partial charge is 0.410 e. The van der Waals surface area contributed by atoms with Crippen LogP contribution in [0.1, 0.15) is 63.2 Å². The molecule has 0 N–H and O–H groups in total. The first-order valence-electron chi connectivity index (χ1n) is 10.9. The number of carbonyl (C=O) groups excluding carboxylic acids is 2. The van der Waals surface area contributed by atoms with Gasteiger partial charge in [-0.25, -0.2) is 4.79 Å². The van der Waals surface area contributed by atoms with Gasteiger partial charge in [0.2, 0.25) is 0 Å². The van der Waals surface area contributed by atoms with Gasteiger partial charge in [0, 0.05) is 19.1 Å². The van der Waals surface area contributed by atoms with E-state index >= 15 is 0 Å². The van der Waals surface area contributed by atoms with Gasteiger partial charge in [-0.3, -0.25) is 4.79 Å². The number of fused-ring (bicyclic) bond motifs is 1. The Morgan fingerprint density at radius 1 is 1.07 bits per heavy atom. The summed E-state index contributed by atoms with van der Waals surface area (Å²) in [4.78, 5) is 30.0. The van der Waals surface area contributed by atoms with E-state index in [-0.39, 0.29) is 24.1 Å². The largest absolute Gasteiger partial charge is 0.444 e. The molecule has 0 spiro atoms. The van der Waals surface area contributed by atoms with Crippen molar-refractivity contribution in [3.8, 4) is 0 Å². The highest BCUT2D eigenvalue weighted by Crippen LogP contribution is 2.49. The molecule has 3 fully saturated rings. The van der Waals surface area contributed by atoms with E-state index in [1.54, 1.807) is 23.1 Å². The predicted octanol–water partition coefficient (Wildman–Crippen LogP) is 5.63. The van der Waals surface area contributed by atoms with E-state index in [9.17, 15) is 9.59 Å². The third-order valence-electron chi connectivity index (χ3n) is 6.74. The fourth-order valence-electron chi connectivity index (χ4n) is 5.18. The van der Waals surface area contributed by atoms with Gasteiger partial charge in [-0.15, -0.1) is 0 Å². The fraction of sp³-hybridized carbons (Fsp3) is 0.652. The van der Waals surface area contributed by atoms with Crippen LogP contribution in [0.15, 0.2) is 18.2 Å². The quantitative estimate of drug-likeness (QED) is 0.596. The second-order valence-corrected chi connectivity index (χ2v) is 10.7. The fourth-order valence-corrected chi connectivity index (χ4v) is 5.56. The number of ether oxygens (including phenoxy) is 1. The van der Waals surface area contributed by atoms with Gasteiger partial charge in [-0.1, -0.05) is 29.3 Å². The first-order chi connectivity index (χ1) is 14.1. The molecule has 1 aromatic carbocycles. The van der Waals surface area contributed by atoms with Gasteiger partial charge in [0.1, 0.15) is 5.60 Å². The lowest BCUT2D eigenvalue weighted by atomic mass is 9.77. The average molecular weight is 453 g/mol. The molecule has 1 aliphatic heterocycles. The molecule has 4 rings (SSSR count). The summed E-state index contributed by atoms with van der Waals surface area (Å²) in [7, 11) is 0. The summed E-state index contributed by atoms with van der Waals surface area (Å²) in [5.41, 5.74) is -0.0944. The second kappa shape index (κ2) is 8.23. The van der Waals surface area contributed by atoms with E-state index in [2.05, 4.69) is 0 Å². The molecule has 1 saturated heterocycles. The van der Waals surface area contributed by atoms with E-state index in [1.165, 1.54) is 12.8 Å². The van der Waals surface area contributed by atoms with Crippen molar-refractivity contribution in [3.05, 3.63) is 33.8 Å². The molecule has 1 aromatic rings. The summed E-state index contributed by atoms with van der Waals surface area (Å²) >= 11 is 12.6. The molecule has 7 heteroatoms. The number of amides is 2. The van der Waals surface area contributed by atoms with Gasteiger partial charge < -0.3 is 14.5 Å². The molecule has 5 nitrogen and oxygen atoms in total. The molecular weight excluding hydrogens is 423 g/mol. The Kier molecular flexibility index (Phi) is 5.97. The monoisotopic (exact) mass is 452 g/mol. The highest BCUT2D eigenvalue weighted by Gasteiger charge is 2.47. The molecule has 3 aliphatic rings. The van der Waals surface area contributed by atoms with Gasteiger partial charge in [-0.2, -0.15) is 0 Å². The number of benzene rings is 1. The molecule has 4 atom stereocenters. The van der Waals surface area contributed by atoms with Crippen LogP contribution in [0.25, 0.3) is 0 Å². The summed E-state index contributed by atoms with van der Waals surface area (Å²) in [6, 6.07) is 5.35. The number of carbonyl (C=O) groups is 2. The average Bonchev–Trinajstić information content (AvgIpc) is 3.23. The SMILES string of the molecule is CC(C)(C)OC(=O)N1CC[C@H](N(C(=O)c2cccc(Cl)c2Cl)C2CC3CC[C@H]3C2)C1. The first kappa shape index (κ1) is 21.8. The van der Waals surface area contributed by atoms with E-state index in [0.717, 1.165) is 31.1 Å². The number of hydrogen-bond acceptors (Lipinski definition) is 3. The topological polar surface area (TPSA) is 49.9 Å². The molecule has 1 heterocycles. The normalized spacial score (nSPS) is 28.1. The Morgan fingerprint density at radius 3 is 2.33 bits per heavy atom. The van der Waals surface area contributed by atoms with Gasteiger partial charge in [0.05, 0.1) is 21.7 Å². The van der Waals surface area contributed by atoms with Crippen molar-refractivity contribution in [2.24, 2.45) is 11.8 Å². The maximum atomic E-state index is 13.7. The number of rotatable bonds is 3. The number of hydrogen-bond donors (Lipinski definition) is 0. The minimum atomic E-state index is -0.538. The maximum Gasteiger partial charge on any atom is 0.410 e. The number of halogens is 2. The van der Waals surface area contributed by atoms with Crippen LogP contribution >= 0.6 is 23.2 Å². The second-order valence-electron chi connectivity index (χ2n) is 9.91. The Labute approximate surface area is 188 Å². The van der Waals surface area contributed by atoms with Gasteiger partial charge in [0.25, 0.3) is 5.91 Å². The van der Waals surface area contributed by atoms with Crippen LogP contribution in [0.5, 0.6) is 0 Å². The Morgan fingerprint density at radius 2 is 1.73 bits per heavy atom. The standard InChI is InChI=1S/C23H30Cl2N2O3/c1-23(2,3)30-22(29)26-10-9-16(13-26)27(17-11-14-7-8-15(14)12-17)21(28)18-5-4-6-19(24)20(18)25/h4-6,14-17H,7-13H2,1-3H3/t14-,15?,16-,17?/m0/s1. The van der Waals surface area contributed by atoms with E-state index in [1.807, 2.05) is 25.7 Å². The van der Waals surface area contributed by atoms with Crippen molar-refractivity contribution >= 4 is 35.2 Å². The zero-order valence-electron chi connectivity index (χ0n) is 17.9. The highest BCUT2D eigenvalue weighted by atomic mass is 35.5. The van der Waals surface area contributed by atoms with Gasteiger partial charge in [-0.05, 0) is 76.8 Å². The molecule has 2 amide bonds. The van der Waals surface area contributed by atoms with Crippen LogP contribution in [-0.2, 0) is 4.74 Å². The number of likely N-dealkylation sites (tertiary alicyclic amines) is 1. The molecule has 2 unspecified atom stereocenters. The highest BCUT2D eigenvalue weighted by molar-refractivity contribution is 6.43. The van der Waals surface area contributed by atoms with E-state index < -0.39 is 5.60 Å². The molecule has 2 saturated carbocycles. The Balaban J connectivity index is 1.56. The zero-order valence-corrected chi connectivity index (χ0v) is 19.4. The van der Waals surface area contributed by atoms with E-state index in [4.69, 9.17) is 27.9 Å². The van der Waals surface area contributed by atoms with Gasteiger partial charge in [0.15, 0.2) is 0 Å². The van der Waals surface area contributed by atoms with Crippen molar-refractivity contribution in [2.75, 3.05) is 13.1 Å². The molecule has 0 radical (unpaired) electrons. The lowest BCUT2D eigenvalue weighted by Gasteiger charge is -2.35. The summed E-state index contributed by atoms with van der Waals surface area (Å²) < 4.78 is 5.54. The van der Waals surface area contributed by atoms with Crippen molar-refractivity contribution in [2.45, 2.75) is 70.6 Å². The molecule has 30 heavy (non-hydrogen) atoms. The number of nitrogens with zero attached hydrogens (tertiary/aromatic N) is 2. The van der Waals surface area contributed by atoms with E-state index in [0.29, 0.717) is 28.7 Å². The summed E-state index contributed by atoms with van der Waals surface area (Å²) in [6.07, 6.45) is 5.03. The summed E-state index contributed by atoms with van der Waals surface area (Å²) in [6.45, 7) is 6.67. The van der Waals surface area contributed by atoms with Crippen LogP contribution in [0.4, 0.5) is 4.79 Å². The predicted molar refractivity (Wildman–Crippen MR) is 118 cm³/mol. The van der Waals surface area contributed by atoms with Gasteiger partial charge >= 0.3 is 6.09 Å². The molecule has 2 aliphatic carbocycles. The molecule has 0 bridgehead atoms. The van der Waals surface area contributed by atoms with Crippen molar-refractivity contribution in [1.82, 2.24) is 9.80 Å². The summed E-state index contributed by atoms with van der Waals surface area (Å²) in [5, 5.41) is 0.688. The third-order valence-corrected chi connectivity index (χ3v) is 7.56. The van der Waals surface area contributed by atoms with Crippen molar-refractivity contribution < 1.29 is 14.3 Å². The van der Waals surface area contributed by atoms with Crippen LogP contribution in [0.3, 0.4) is 0 Å². The van der Waals surface area contributed by atoms with Crippen LogP contribution in [0.2, 0.25) is 10.0 Å². The third kappa shape index (κ3) is 4.29. The molecule has 164 valence electrons. The lowest BCUT2D eigenvalue weighted by molar-refractivity contribution is 0.0264. The Hall–Kier alpha value is -1.46. The minimum absolute atomic E-state index is 0.0393. The van der Waals surface area contributed by atoms with Crippen LogP contribution in [0, 0.1) is 11.8 Å². The van der Waals surface area contributed by atoms with Crippen LogP contribution in [-0.4, -0.2) is 52.6 Å². The Bertz CT molecular complexity index is 826. The maximum absolute atomic E-state index is 13.7.